The van der Waals surface area contributed by atoms with Crippen LogP contribution in [0.2, 0.25) is 0 Å². The highest BCUT2D eigenvalue weighted by Gasteiger charge is 2.17. The summed E-state index contributed by atoms with van der Waals surface area (Å²) in [5.74, 6) is -0.969. The first kappa shape index (κ1) is 11.7. The normalized spacial score (nSPS) is 11.4. The molecule has 0 aliphatic carbocycles. The highest BCUT2D eigenvalue weighted by molar-refractivity contribution is 7.90. The van der Waals surface area contributed by atoms with E-state index in [0.29, 0.717) is 5.56 Å². The van der Waals surface area contributed by atoms with Gasteiger partial charge in [-0.25, -0.2) is 13.4 Å². The lowest BCUT2D eigenvalue weighted by atomic mass is 10.2. The van der Waals surface area contributed by atoms with Crippen LogP contribution >= 0.6 is 0 Å². The summed E-state index contributed by atoms with van der Waals surface area (Å²) in [7, 11) is -3.59. The number of halogens is 1. The molecule has 0 bridgehead atoms. The van der Waals surface area contributed by atoms with Crippen molar-refractivity contribution >= 4 is 9.84 Å². The molecule has 88 valence electrons. The highest BCUT2D eigenvalue weighted by atomic mass is 32.2. The summed E-state index contributed by atoms with van der Waals surface area (Å²) in [6, 6.07) is 12.5. The minimum Gasteiger partial charge on any atom is -0.222 e. The SMILES string of the molecule is O=S(=O)(Cc1ccccc1)c1cccc(F)n1. The number of pyridine rings is 1. The first-order valence-electron chi connectivity index (χ1n) is 4.97. The molecule has 0 fully saturated rings. The molecular formula is C12H10FNO2S. The van der Waals surface area contributed by atoms with Crippen molar-refractivity contribution in [2.45, 2.75) is 10.8 Å². The van der Waals surface area contributed by atoms with Crippen LogP contribution in [0, 0.1) is 5.95 Å². The lowest BCUT2D eigenvalue weighted by Gasteiger charge is -2.03. The molecule has 3 nitrogen and oxygen atoms in total. The van der Waals surface area contributed by atoms with Gasteiger partial charge in [0.05, 0.1) is 5.75 Å². The van der Waals surface area contributed by atoms with E-state index < -0.39 is 15.8 Å². The number of hydrogen-bond donors (Lipinski definition) is 0. The fraction of sp³-hybridized carbons (Fsp3) is 0.0833. The molecule has 0 atom stereocenters. The third-order valence-electron chi connectivity index (χ3n) is 2.21. The molecule has 0 aliphatic rings. The third kappa shape index (κ3) is 2.88. The first-order valence-corrected chi connectivity index (χ1v) is 6.62. The maximum Gasteiger partial charge on any atom is 0.214 e. The topological polar surface area (TPSA) is 47.0 Å². The van der Waals surface area contributed by atoms with Gasteiger partial charge in [0.15, 0.2) is 14.9 Å². The van der Waals surface area contributed by atoms with E-state index in [4.69, 9.17) is 0 Å². The number of nitrogens with zero attached hydrogens (tertiary/aromatic N) is 1. The van der Waals surface area contributed by atoms with Crippen LogP contribution in [0.5, 0.6) is 0 Å². The van der Waals surface area contributed by atoms with Gasteiger partial charge in [0.1, 0.15) is 0 Å². The quantitative estimate of drug-likeness (QED) is 0.786. The minimum atomic E-state index is -3.59. The Morgan fingerprint density at radius 3 is 2.35 bits per heavy atom. The second-order valence-electron chi connectivity index (χ2n) is 3.54. The van der Waals surface area contributed by atoms with Crippen LogP contribution in [-0.2, 0) is 15.6 Å². The third-order valence-corrected chi connectivity index (χ3v) is 3.79. The number of benzene rings is 1. The van der Waals surface area contributed by atoms with Crippen LogP contribution < -0.4 is 0 Å². The molecule has 0 unspecified atom stereocenters. The highest BCUT2D eigenvalue weighted by Crippen LogP contribution is 2.14. The number of sulfone groups is 1. The molecule has 0 radical (unpaired) electrons. The summed E-state index contributed by atoms with van der Waals surface area (Å²) in [5, 5.41) is -0.235. The predicted octanol–water partition coefficient (Wildman–Crippen LogP) is 2.19. The molecule has 0 saturated heterocycles. The van der Waals surface area contributed by atoms with Crippen LogP contribution in [-0.4, -0.2) is 13.4 Å². The molecule has 0 aliphatic heterocycles. The summed E-state index contributed by atoms with van der Waals surface area (Å²) >= 11 is 0. The first-order chi connectivity index (χ1) is 8.08. The van der Waals surface area contributed by atoms with E-state index in [0.717, 1.165) is 6.07 Å². The Kier molecular flexibility index (Phi) is 3.19. The minimum absolute atomic E-state index is 0.176. The fourth-order valence-electron chi connectivity index (χ4n) is 1.43. The van der Waals surface area contributed by atoms with E-state index in [1.165, 1.54) is 12.1 Å². The van der Waals surface area contributed by atoms with Gasteiger partial charge in [0, 0.05) is 0 Å². The fourth-order valence-corrected chi connectivity index (χ4v) is 2.72. The van der Waals surface area contributed by atoms with Crippen LogP contribution in [0.15, 0.2) is 53.6 Å². The van der Waals surface area contributed by atoms with Gasteiger partial charge < -0.3 is 0 Å². The second kappa shape index (κ2) is 4.63. The van der Waals surface area contributed by atoms with E-state index >= 15 is 0 Å². The molecule has 0 saturated carbocycles. The van der Waals surface area contributed by atoms with Gasteiger partial charge in [0.25, 0.3) is 0 Å². The Balaban J connectivity index is 2.32. The zero-order valence-corrected chi connectivity index (χ0v) is 9.69. The average molecular weight is 251 g/mol. The second-order valence-corrected chi connectivity index (χ2v) is 5.48. The van der Waals surface area contributed by atoms with E-state index in [1.807, 2.05) is 0 Å². The monoisotopic (exact) mass is 251 g/mol. The van der Waals surface area contributed by atoms with Gasteiger partial charge in [0.2, 0.25) is 5.95 Å². The Labute approximate surface area is 98.9 Å². The van der Waals surface area contributed by atoms with Crippen LogP contribution in [0.4, 0.5) is 4.39 Å². The van der Waals surface area contributed by atoms with Crippen LogP contribution in [0.3, 0.4) is 0 Å². The lowest BCUT2D eigenvalue weighted by Crippen LogP contribution is -2.07. The number of hydrogen-bond acceptors (Lipinski definition) is 3. The maximum atomic E-state index is 12.9. The Morgan fingerprint density at radius 2 is 1.71 bits per heavy atom. The molecule has 17 heavy (non-hydrogen) atoms. The van der Waals surface area contributed by atoms with Crippen molar-refractivity contribution in [3.05, 3.63) is 60.0 Å². The zero-order valence-electron chi connectivity index (χ0n) is 8.88. The molecule has 0 spiro atoms. The van der Waals surface area contributed by atoms with E-state index in [-0.39, 0.29) is 10.8 Å². The van der Waals surface area contributed by atoms with E-state index in [1.54, 1.807) is 30.3 Å². The molecular weight excluding hydrogens is 241 g/mol. The van der Waals surface area contributed by atoms with Crippen molar-refractivity contribution in [1.29, 1.82) is 0 Å². The summed E-state index contributed by atoms with van der Waals surface area (Å²) in [5.41, 5.74) is 0.651. The van der Waals surface area contributed by atoms with Gasteiger partial charge in [-0.2, -0.15) is 4.39 Å². The van der Waals surface area contributed by atoms with Gasteiger partial charge in [-0.3, -0.25) is 0 Å². The summed E-state index contributed by atoms with van der Waals surface area (Å²) in [6.07, 6.45) is 0. The Morgan fingerprint density at radius 1 is 1.00 bits per heavy atom. The van der Waals surface area contributed by atoms with Gasteiger partial charge in [-0.05, 0) is 17.7 Å². The number of rotatable bonds is 3. The Bertz CT molecular complexity index is 611. The van der Waals surface area contributed by atoms with Gasteiger partial charge >= 0.3 is 0 Å². The standard InChI is InChI=1S/C12H10FNO2S/c13-11-7-4-8-12(14-11)17(15,16)9-10-5-2-1-3-6-10/h1-8H,9H2. The van der Waals surface area contributed by atoms with E-state index in [9.17, 15) is 12.8 Å². The predicted molar refractivity (Wildman–Crippen MR) is 61.5 cm³/mol. The average Bonchev–Trinajstić information content (AvgIpc) is 2.30. The molecule has 1 heterocycles. The van der Waals surface area contributed by atoms with E-state index in [2.05, 4.69) is 4.98 Å². The Hall–Kier alpha value is -1.75. The molecule has 0 amide bonds. The van der Waals surface area contributed by atoms with Crippen LogP contribution in [0.25, 0.3) is 0 Å². The molecule has 5 heteroatoms. The van der Waals surface area contributed by atoms with Gasteiger partial charge in [-0.15, -0.1) is 0 Å². The molecule has 1 aromatic heterocycles. The molecule has 1 aromatic carbocycles. The zero-order chi connectivity index (χ0) is 12.3. The van der Waals surface area contributed by atoms with Crippen molar-refractivity contribution in [2.24, 2.45) is 0 Å². The largest absolute Gasteiger partial charge is 0.222 e. The lowest BCUT2D eigenvalue weighted by molar-refractivity contribution is 0.556. The van der Waals surface area contributed by atoms with Gasteiger partial charge in [-0.1, -0.05) is 36.4 Å². The molecule has 2 aromatic rings. The van der Waals surface area contributed by atoms with Crippen molar-refractivity contribution in [2.75, 3.05) is 0 Å². The molecule has 0 N–H and O–H groups in total. The smallest absolute Gasteiger partial charge is 0.214 e. The number of aromatic nitrogens is 1. The van der Waals surface area contributed by atoms with Crippen molar-refractivity contribution < 1.29 is 12.8 Å². The summed E-state index contributed by atoms with van der Waals surface area (Å²) in [4.78, 5) is 3.39. The summed E-state index contributed by atoms with van der Waals surface area (Å²) < 4.78 is 36.7. The summed E-state index contributed by atoms with van der Waals surface area (Å²) in [6.45, 7) is 0. The molecule has 2 rings (SSSR count). The maximum absolute atomic E-state index is 12.9. The van der Waals surface area contributed by atoms with Crippen LogP contribution in [0.1, 0.15) is 5.56 Å². The van der Waals surface area contributed by atoms with Crippen molar-refractivity contribution in [3.63, 3.8) is 0 Å². The van der Waals surface area contributed by atoms with Crippen molar-refractivity contribution in [1.82, 2.24) is 4.98 Å². The van der Waals surface area contributed by atoms with Crippen molar-refractivity contribution in [3.8, 4) is 0 Å².